The maximum Gasteiger partial charge on any atom is 0.319 e. The largest absolute Gasteiger partial charge is 0.468 e. The van der Waals surface area contributed by atoms with Crippen molar-refractivity contribution in [3.05, 3.63) is 27.7 Å². The molecule has 0 bridgehead atoms. The number of hydrogen-bond donors (Lipinski definition) is 1. The zero-order valence-corrected chi connectivity index (χ0v) is 15.0. The summed E-state index contributed by atoms with van der Waals surface area (Å²) >= 11 is 10.8. The highest BCUT2D eigenvalue weighted by atomic mass is 127. The molecule has 5 nitrogen and oxygen atoms in total. The average molecular weight is 483 g/mol. The fraction of sp³-hybridized carbons (Fsp3) is 0.300. The summed E-state index contributed by atoms with van der Waals surface area (Å²) in [5, 5.41) is 0.417. The molecule has 9 heteroatoms. The van der Waals surface area contributed by atoms with Crippen molar-refractivity contribution in [2.24, 2.45) is 0 Å². The zero-order chi connectivity index (χ0) is 14.6. The molecule has 0 heterocycles. The van der Waals surface area contributed by atoms with E-state index in [0.29, 0.717) is 9.50 Å². The van der Waals surface area contributed by atoms with Crippen LogP contribution in [0, 0.1) is 0 Å². The summed E-state index contributed by atoms with van der Waals surface area (Å²) < 4.78 is 30.7. The van der Waals surface area contributed by atoms with E-state index in [2.05, 4.69) is 25.4 Å². The third-order valence-corrected chi connectivity index (χ3v) is 5.69. The van der Waals surface area contributed by atoms with Gasteiger partial charge in [0.15, 0.2) is 0 Å². The second-order valence-electron chi connectivity index (χ2n) is 3.42. The second-order valence-corrected chi connectivity index (χ2v) is 7.95. The van der Waals surface area contributed by atoms with E-state index in [-0.39, 0.29) is 11.4 Å². The molecule has 1 aromatic rings. The number of carbonyl (C=O) groups excluding carboxylic acids is 1. The molecule has 0 aliphatic carbocycles. The topological polar surface area (TPSA) is 72.5 Å². The Kier molecular flexibility index (Phi) is 6.51. The van der Waals surface area contributed by atoms with Gasteiger partial charge >= 0.3 is 5.97 Å². The fourth-order valence-electron chi connectivity index (χ4n) is 1.12. The van der Waals surface area contributed by atoms with Gasteiger partial charge in [0.1, 0.15) is 3.92 Å². The molecule has 1 N–H and O–H groups in total. The highest BCUT2D eigenvalue weighted by Crippen LogP contribution is 2.25. The Morgan fingerprint density at radius 2 is 2.21 bits per heavy atom. The smallest absolute Gasteiger partial charge is 0.319 e. The molecule has 0 fully saturated rings. The highest BCUT2D eigenvalue weighted by molar-refractivity contribution is 14.1. The third-order valence-electron chi connectivity index (χ3n) is 2.11. The Labute approximate surface area is 138 Å². The van der Waals surface area contributed by atoms with Gasteiger partial charge in [0.25, 0.3) is 0 Å². The number of sulfonamides is 1. The van der Waals surface area contributed by atoms with Gasteiger partial charge in [0.05, 0.1) is 17.0 Å². The van der Waals surface area contributed by atoms with Crippen molar-refractivity contribution in [3.63, 3.8) is 0 Å². The van der Waals surface area contributed by atoms with Gasteiger partial charge in [-0.3, -0.25) is 4.79 Å². The normalized spacial score (nSPS) is 13.1. The molecule has 0 aromatic heterocycles. The maximum absolute atomic E-state index is 12.0. The first-order valence-corrected chi connectivity index (χ1v) is 8.84. The van der Waals surface area contributed by atoms with Crippen LogP contribution in [0.25, 0.3) is 0 Å². The molecule has 1 rings (SSSR count). The van der Waals surface area contributed by atoms with E-state index in [1.807, 2.05) is 22.6 Å². The number of halogens is 3. The van der Waals surface area contributed by atoms with E-state index in [9.17, 15) is 13.2 Å². The predicted octanol–water partition coefficient (Wildman–Crippen LogP) is 2.36. The molecule has 0 aliphatic rings. The zero-order valence-electron chi connectivity index (χ0n) is 9.69. The van der Waals surface area contributed by atoms with Gasteiger partial charge < -0.3 is 4.74 Å². The standard InChI is InChI=1S/C10H10BrClINO4S/c1-18-10(15)9(13)5-14-19(16,17)6-2-3-8(12)7(11)4-6/h2-4,9,14H,5H2,1H3. The summed E-state index contributed by atoms with van der Waals surface area (Å²) in [6.07, 6.45) is 0. The van der Waals surface area contributed by atoms with Crippen LogP contribution in [-0.2, 0) is 19.6 Å². The van der Waals surface area contributed by atoms with Crippen LogP contribution in [0.4, 0.5) is 0 Å². The molecule has 1 atom stereocenters. The molecule has 0 amide bonds. The number of benzene rings is 1. The molecule has 0 saturated heterocycles. The van der Waals surface area contributed by atoms with Crippen LogP contribution in [-0.4, -0.2) is 32.0 Å². The van der Waals surface area contributed by atoms with E-state index in [4.69, 9.17) is 11.6 Å². The summed E-state index contributed by atoms with van der Waals surface area (Å²) in [6.45, 7) is -0.0458. The lowest BCUT2D eigenvalue weighted by Crippen LogP contribution is -2.33. The summed E-state index contributed by atoms with van der Waals surface area (Å²) in [6, 6.07) is 4.25. The van der Waals surface area contributed by atoms with Gasteiger partial charge in [-0.05, 0) is 34.1 Å². The van der Waals surface area contributed by atoms with E-state index < -0.39 is 19.9 Å². The first-order chi connectivity index (χ1) is 8.77. The average Bonchev–Trinajstić information content (AvgIpc) is 2.38. The molecule has 0 saturated carbocycles. The second kappa shape index (κ2) is 7.21. The molecule has 1 unspecified atom stereocenters. The van der Waals surface area contributed by atoms with Gasteiger partial charge in [0, 0.05) is 11.0 Å². The predicted molar refractivity (Wildman–Crippen MR) is 84.2 cm³/mol. The SMILES string of the molecule is COC(=O)C(I)CNS(=O)(=O)c1ccc(Cl)c(Br)c1. The molecular weight excluding hydrogens is 472 g/mol. The van der Waals surface area contributed by atoms with E-state index >= 15 is 0 Å². The van der Waals surface area contributed by atoms with Crippen LogP contribution < -0.4 is 4.72 Å². The van der Waals surface area contributed by atoms with E-state index in [1.54, 1.807) is 0 Å². The van der Waals surface area contributed by atoms with Crippen LogP contribution >= 0.6 is 50.1 Å². The lowest BCUT2D eigenvalue weighted by Gasteiger charge is -2.10. The minimum absolute atomic E-state index is 0.0458. The third kappa shape index (κ3) is 4.85. The number of rotatable bonds is 5. The molecular formula is C10H10BrClINO4S. The number of methoxy groups -OCH3 is 1. The van der Waals surface area contributed by atoms with Crippen molar-refractivity contribution in [3.8, 4) is 0 Å². The molecule has 106 valence electrons. The van der Waals surface area contributed by atoms with Crippen molar-refractivity contribution in [2.45, 2.75) is 8.82 Å². The van der Waals surface area contributed by atoms with E-state index in [1.165, 1.54) is 25.3 Å². The van der Waals surface area contributed by atoms with Gasteiger partial charge in [-0.1, -0.05) is 34.2 Å². The van der Waals surface area contributed by atoms with Gasteiger partial charge in [-0.15, -0.1) is 0 Å². The number of hydrogen-bond acceptors (Lipinski definition) is 4. The van der Waals surface area contributed by atoms with Crippen molar-refractivity contribution in [1.29, 1.82) is 0 Å². The van der Waals surface area contributed by atoms with Gasteiger partial charge in [-0.2, -0.15) is 0 Å². The molecule has 19 heavy (non-hydrogen) atoms. The quantitative estimate of drug-likeness (QED) is 0.397. The van der Waals surface area contributed by atoms with Crippen LogP contribution in [0.3, 0.4) is 0 Å². The Morgan fingerprint density at radius 3 is 2.74 bits per heavy atom. The number of nitrogens with one attached hydrogen (secondary N) is 1. The van der Waals surface area contributed by atoms with Crippen molar-refractivity contribution in [2.75, 3.05) is 13.7 Å². The Hall–Kier alpha value is 0.1000. The summed E-state index contributed by atoms with van der Waals surface area (Å²) in [7, 11) is -2.44. The lowest BCUT2D eigenvalue weighted by molar-refractivity contribution is -0.139. The summed E-state index contributed by atoms with van der Waals surface area (Å²) in [4.78, 5) is 11.2. The number of alkyl halides is 1. The molecule has 1 aromatic carbocycles. The minimum Gasteiger partial charge on any atom is -0.468 e. The van der Waals surface area contributed by atoms with Crippen LogP contribution in [0.5, 0.6) is 0 Å². The molecule has 0 aliphatic heterocycles. The van der Waals surface area contributed by atoms with Crippen LogP contribution in [0.2, 0.25) is 5.02 Å². The lowest BCUT2D eigenvalue weighted by atomic mass is 10.4. The maximum atomic E-state index is 12.0. The monoisotopic (exact) mass is 481 g/mol. The Bertz CT molecular complexity index is 581. The van der Waals surface area contributed by atoms with Crippen molar-refractivity contribution >= 4 is 66.1 Å². The van der Waals surface area contributed by atoms with Crippen LogP contribution in [0.15, 0.2) is 27.6 Å². The number of ether oxygens (including phenoxy) is 1. The Balaban J connectivity index is 2.81. The summed E-state index contributed by atoms with van der Waals surface area (Å²) in [5.41, 5.74) is 0. The van der Waals surface area contributed by atoms with Crippen LogP contribution in [0.1, 0.15) is 0 Å². The summed E-state index contributed by atoms with van der Waals surface area (Å²) in [5.74, 6) is -0.486. The van der Waals surface area contributed by atoms with E-state index in [0.717, 1.165) is 0 Å². The highest BCUT2D eigenvalue weighted by Gasteiger charge is 2.20. The minimum atomic E-state index is -3.69. The fourth-order valence-corrected chi connectivity index (χ4v) is 3.62. The van der Waals surface area contributed by atoms with Gasteiger partial charge in [0.2, 0.25) is 10.0 Å². The molecule has 0 radical (unpaired) electrons. The van der Waals surface area contributed by atoms with Crippen molar-refractivity contribution in [1.82, 2.24) is 4.72 Å². The number of esters is 1. The Morgan fingerprint density at radius 1 is 1.58 bits per heavy atom. The number of carbonyl (C=O) groups is 1. The molecule has 0 spiro atoms. The first kappa shape index (κ1) is 17.2. The first-order valence-electron chi connectivity index (χ1n) is 4.94. The van der Waals surface area contributed by atoms with Crippen molar-refractivity contribution < 1.29 is 17.9 Å². The van der Waals surface area contributed by atoms with Gasteiger partial charge in [-0.25, -0.2) is 13.1 Å².